The van der Waals surface area contributed by atoms with Gasteiger partial charge in [0.05, 0.1) is 0 Å². The summed E-state index contributed by atoms with van der Waals surface area (Å²) in [4.78, 5) is 6.78. The van der Waals surface area contributed by atoms with Gasteiger partial charge in [-0.15, -0.1) is 0 Å². The van der Waals surface area contributed by atoms with Crippen molar-refractivity contribution in [2.75, 3.05) is 18.0 Å². The summed E-state index contributed by atoms with van der Waals surface area (Å²) >= 11 is 0. The molecular weight excluding hydrogens is 289 g/mol. The lowest BCUT2D eigenvalue weighted by Crippen LogP contribution is -2.46. The van der Waals surface area contributed by atoms with Crippen molar-refractivity contribution in [1.29, 1.82) is 0 Å². The van der Waals surface area contributed by atoms with E-state index in [1.165, 1.54) is 17.7 Å². The molecule has 1 unspecified atom stereocenters. The molecule has 23 heavy (non-hydrogen) atoms. The number of nitrogens with zero attached hydrogens (tertiary/aromatic N) is 2. The largest absolute Gasteiger partial charge is 0.357 e. The zero-order valence-corrected chi connectivity index (χ0v) is 13.6. The summed E-state index contributed by atoms with van der Waals surface area (Å²) in [7, 11) is 0. The average molecular weight is 313 g/mol. The van der Waals surface area contributed by atoms with E-state index in [1.807, 2.05) is 30.5 Å². The Labute approximate surface area is 137 Å². The van der Waals surface area contributed by atoms with Gasteiger partial charge in [-0.25, -0.2) is 9.37 Å². The minimum absolute atomic E-state index is 0.170. The first-order chi connectivity index (χ1) is 11.2. The normalized spacial score (nSPS) is 17.2. The number of aromatic nitrogens is 1. The van der Waals surface area contributed by atoms with Crippen molar-refractivity contribution < 1.29 is 4.39 Å². The maximum absolute atomic E-state index is 12.9. The molecule has 0 bridgehead atoms. The molecule has 1 aromatic heterocycles. The van der Waals surface area contributed by atoms with E-state index in [1.54, 1.807) is 0 Å². The molecule has 3 rings (SSSR count). The van der Waals surface area contributed by atoms with E-state index in [0.717, 1.165) is 38.2 Å². The lowest BCUT2D eigenvalue weighted by atomic mass is 10.0. The first-order valence-corrected chi connectivity index (χ1v) is 8.37. The van der Waals surface area contributed by atoms with Gasteiger partial charge >= 0.3 is 0 Å². The molecular formula is C19H24FN3. The van der Waals surface area contributed by atoms with Crippen LogP contribution in [-0.4, -0.2) is 30.2 Å². The van der Waals surface area contributed by atoms with Crippen LogP contribution in [0.25, 0.3) is 0 Å². The van der Waals surface area contributed by atoms with E-state index < -0.39 is 0 Å². The first-order valence-electron chi connectivity index (χ1n) is 8.37. The Balaban J connectivity index is 1.46. The molecule has 1 saturated heterocycles. The number of anilines is 1. The highest BCUT2D eigenvalue weighted by Crippen LogP contribution is 2.18. The molecule has 0 amide bonds. The van der Waals surface area contributed by atoms with E-state index in [9.17, 15) is 4.39 Å². The molecule has 2 aromatic rings. The minimum Gasteiger partial charge on any atom is -0.357 e. The fourth-order valence-corrected chi connectivity index (χ4v) is 3.25. The van der Waals surface area contributed by atoms with Gasteiger partial charge in [-0.05, 0) is 56.0 Å². The number of rotatable bonds is 5. The Hall–Kier alpha value is -1.94. The van der Waals surface area contributed by atoms with Crippen molar-refractivity contribution in [2.45, 2.75) is 38.3 Å². The van der Waals surface area contributed by atoms with Crippen molar-refractivity contribution in [3.63, 3.8) is 0 Å². The van der Waals surface area contributed by atoms with Crippen LogP contribution >= 0.6 is 0 Å². The number of hydrogen-bond donors (Lipinski definition) is 1. The van der Waals surface area contributed by atoms with Crippen LogP contribution in [-0.2, 0) is 6.42 Å². The predicted molar refractivity (Wildman–Crippen MR) is 92.2 cm³/mol. The highest BCUT2D eigenvalue weighted by molar-refractivity contribution is 5.38. The van der Waals surface area contributed by atoms with Crippen molar-refractivity contribution >= 4 is 5.82 Å². The van der Waals surface area contributed by atoms with Crippen LogP contribution in [0, 0.1) is 5.82 Å². The van der Waals surface area contributed by atoms with Gasteiger partial charge in [0.25, 0.3) is 0 Å². The van der Waals surface area contributed by atoms with Crippen LogP contribution in [0.3, 0.4) is 0 Å². The number of halogens is 1. The second-order valence-electron chi connectivity index (χ2n) is 6.35. The zero-order valence-electron chi connectivity index (χ0n) is 13.6. The van der Waals surface area contributed by atoms with Crippen molar-refractivity contribution in [1.82, 2.24) is 10.3 Å². The van der Waals surface area contributed by atoms with Gasteiger partial charge in [0.2, 0.25) is 0 Å². The molecule has 3 nitrogen and oxygen atoms in total. The lowest BCUT2D eigenvalue weighted by Gasteiger charge is -2.34. The summed E-state index contributed by atoms with van der Waals surface area (Å²) < 4.78 is 12.9. The third kappa shape index (κ3) is 4.52. The summed E-state index contributed by atoms with van der Waals surface area (Å²) in [6.07, 6.45) is 5.04. The predicted octanol–water partition coefficient (Wildman–Crippen LogP) is 3.41. The topological polar surface area (TPSA) is 28.2 Å². The summed E-state index contributed by atoms with van der Waals surface area (Å²) in [5, 5.41) is 3.71. The summed E-state index contributed by atoms with van der Waals surface area (Å²) in [6, 6.07) is 13.8. The van der Waals surface area contributed by atoms with E-state index in [-0.39, 0.29) is 5.82 Å². The van der Waals surface area contributed by atoms with Crippen molar-refractivity contribution in [2.24, 2.45) is 0 Å². The maximum atomic E-state index is 12.9. The summed E-state index contributed by atoms with van der Waals surface area (Å²) in [6.45, 7) is 4.28. The number of nitrogens with one attached hydrogen (secondary N) is 1. The summed E-state index contributed by atoms with van der Waals surface area (Å²) in [5.74, 6) is 0.904. The van der Waals surface area contributed by atoms with Crippen molar-refractivity contribution in [3.8, 4) is 0 Å². The molecule has 0 radical (unpaired) electrons. The van der Waals surface area contributed by atoms with Crippen LogP contribution in [0.1, 0.15) is 25.3 Å². The molecule has 1 atom stereocenters. The Morgan fingerprint density at radius 3 is 2.57 bits per heavy atom. The second-order valence-corrected chi connectivity index (χ2v) is 6.35. The number of benzene rings is 1. The molecule has 122 valence electrons. The van der Waals surface area contributed by atoms with Crippen LogP contribution < -0.4 is 10.2 Å². The number of pyridine rings is 1. The van der Waals surface area contributed by atoms with E-state index >= 15 is 0 Å². The Morgan fingerprint density at radius 1 is 1.17 bits per heavy atom. The Kier molecular flexibility index (Phi) is 5.23. The van der Waals surface area contributed by atoms with Crippen molar-refractivity contribution in [3.05, 3.63) is 60.0 Å². The molecule has 0 saturated carbocycles. The number of hydrogen-bond acceptors (Lipinski definition) is 3. The molecule has 1 aliphatic heterocycles. The SMILES string of the molecule is CC(Cc1ccc(F)cc1)NC1CCN(c2ccccn2)CC1. The molecule has 0 aliphatic carbocycles. The average Bonchev–Trinajstić information content (AvgIpc) is 2.58. The highest BCUT2D eigenvalue weighted by atomic mass is 19.1. The molecule has 2 heterocycles. The fraction of sp³-hybridized carbons (Fsp3) is 0.421. The molecule has 1 fully saturated rings. The van der Waals surface area contributed by atoms with Gasteiger partial charge in [0.15, 0.2) is 0 Å². The lowest BCUT2D eigenvalue weighted by molar-refractivity contribution is 0.374. The Bertz CT molecular complexity index is 592. The standard InChI is InChI=1S/C19H24FN3/c1-15(14-16-5-7-17(20)8-6-16)22-18-9-12-23(13-10-18)19-4-2-3-11-21-19/h2-8,11,15,18,22H,9-10,12-14H2,1H3. The summed E-state index contributed by atoms with van der Waals surface area (Å²) in [5.41, 5.74) is 1.18. The Morgan fingerprint density at radius 2 is 1.91 bits per heavy atom. The fourth-order valence-electron chi connectivity index (χ4n) is 3.25. The van der Waals surface area contributed by atoms with Gasteiger partial charge in [-0.3, -0.25) is 0 Å². The quantitative estimate of drug-likeness (QED) is 0.917. The molecule has 0 spiro atoms. The van der Waals surface area contributed by atoms with Gasteiger partial charge in [0.1, 0.15) is 11.6 Å². The van der Waals surface area contributed by atoms with Gasteiger partial charge in [0, 0.05) is 31.4 Å². The highest BCUT2D eigenvalue weighted by Gasteiger charge is 2.21. The van der Waals surface area contributed by atoms with Crippen LogP contribution in [0.4, 0.5) is 10.2 Å². The maximum Gasteiger partial charge on any atom is 0.128 e. The molecule has 1 aromatic carbocycles. The van der Waals surface area contributed by atoms with Crippen LogP contribution in [0.2, 0.25) is 0 Å². The van der Waals surface area contributed by atoms with Crippen LogP contribution in [0.15, 0.2) is 48.7 Å². The van der Waals surface area contributed by atoms with Gasteiger partial charge in [-0.1, -0.05) is 18.2 Å². The van der Waals surface area contributed by atoms with E-state index in [0.29, 0.717) is 12.1 Å². The van der Waals surface area contributed by atoms with E-state index in [4.69, 9.17) is 0 Å². The monoisotopic (exact) mass is 313 g/mol. The van der Waals surface area contributed by atoms with E-state index in [2.05, 4.69) is 28.2 Å². The number of piperidine rings is 1. The van der Waals surface area contributed by atoms with Gasteiger partial charge < -0.3 is 10.2 Å². The van der Waals surface area contributed by atoms with Crippen LogP contribution in [0.5, 0.6) is 0 Å². The molecule has 1 N–H and O–H groups in total. The smallest absolute Gasteiger partial charge is 0.128 e. The minimum atomic E-state index is -0.170. The first kappa shape index (κ1) is 15.9. The molecule has 4 heteroatoms. The molecule has 1 aliphatic rings. The van der Waals surface area contributed by atoms with Gasteiger partial charge in [-0.2, -0.15) is 0 Å². The zero-order chi connectivity index (χ0) is 16.1. The third-order valence-electron chi connectivity index (χ3n) is 4.44. The third-order valence-corrected chi connectivity index (χ3v) is 4.44. The second kappa shape index (κ2) is 7.55.